The quantitative estimate of drug-likeness (QED) is 0.748. The van der Waals surface area contributed by atoms with Crippen molar-refractivity contribution < 1.29 is 9.32 Å². The molecule has 0 aliphatic carbocycles. The second-order valence-corrected chi connectivity index (χ2v) is 5.24. The molecule has 7 heteroatoms. The highest BCUT2D eigenvalue weighted by atomic mass is 16.5. The minimum absolute atomic E-state index is 0.197. The Balaban J connectivity index is 1.64. The lowest BCUT2D eigenvalue weighted by Crippen LogP contribution is -2.14. The van der Waals surface area contributed by atoms with Crippen molar-refractivity contribution >= 4 is 23.2 Å². The second-order valence-electron chi connectivity index (χ2n) is 5.24. The summed E-state index contributed by atoms with van der Waals surface area (Å²) in [4.78, 5) is 20.4. The molecule has 0 radical (unpaired) electrons. The van der Waals surface area contributed by atoms with Crippen LogP contribution < -0.4 is 10.6 Å². The third-order valence-electron chi connectivity index (χ3n) is 3.39. The Kier molecular flexibility index (Phi) is 4.51. The summed E-state index contributed by atoms with van der Waals surface area (Å²) in [5.74, 6) is 1.13. The van der Waals surface area contributed by atoms with E-state index >= 15 is 0 Å². The fraction of sp³-hybridized carbons (Fsp3) is 0.176. The van der Waals surface area contributed by atoms with Crippen molar-refractivity contribution in [1.82, 2.24) is 15.1 Å². The van der Waals surface area contributed by atoms with Gasteiger partial charge in [-0.25, -0.2) is 9.97 Å². The van der Waals surface area contributed by atoms with Crippen molar-refractivity contribution in [3.8, 4) is 0 Å². The predicted octanol–water partition coefficient (Wildman–Crippen LogP) is 3.33. The van der Waals surface area contributed by atoms with Gasteiger partial charge in [0.25, 0.3) is 5.91 Å². The van der Waals surface area contributed by atoms with E-state index in [0.717, 1.165) is 12.1 Å². The van der Waals surface area contributed by atoms with Crippen LogP contribution in [0.5, 0.6) is 0 Å². The van der Waals surface area contributed by atoms with Crippen LogP contribution in [0, 0.1) is 6.92 Å². The topological polar surface area (TPSA) is 92.9 Å². The van der Waals surface area contributed by atoms with E-state index in [-0.39, 0.29) is 5.69 Å². The highest BCUT2D eigenvalue weighted by Gasteiger charge is 2.11. The first kappa shape index (κ1) is 15.7. The van der Waals surface area contributed by atoms with E-state index in [4.69, 9.17) is 4.52 Å². The molecule has 0 atom stereocenters. The first-order chi connectivity index (χ1) is 11.6. The number of carbonyl (C=O) groups is 1. The summed E-state index contributed by atoms with van der Waals surface area (Å²) in [6.07, 6.45) is 3.91. The minimum atomic E-state index is -0.394. The molecule has 0 unspecified atom stereocenters. The van der Waals surface area contributed by atoms with Gasteiger partial charge in [0.05, 0.1) is 12.4 Å². The van der Waals surface area contributed by atoms with Crippen molar-refractivity contribution in [2.24, 2.45) is 0 Å². The predicted molar refractivity (Wildman–Crippen MR) is 90.3 cm³/mol. The van der Waals surface area contributed by atoms with Gasteiger partial charge in [-0.2, -0.15) is 0 Å². The molecule has 24 heavy (non-hydrogen) atoms. The van der Waals surface area contributed by atoms with Crippen molar-refractivity contribution in [3.05, 3.63) is 59.7 Å². The van der Waals surface area contributed by atoms with Gasteiger partial charge < -0.3 is 15.2 Å². The molecule has 0 fully saturated rings. The number of nitrogens with zero attached hydrogens (tertiary/aromatic N) is 3. The Labute approximate surface area is 139 Å². The number of hydrogen-bond acceptors (Lipinski definition) is 6. The number of rotatable bonds is 5. The first-order valence-electron chi connectivity index (χ1n) is 7.56. The number of aromatic nitrogens is 3. The van der Waals surface area contributed by atoms with Gasteiger partial charge in [-0.15, -0.1) is 0 Å². The fourth-order valence-corrected chi connectivity index (χ4v) is 2.09. The van der Waals surface area contributed by atoms with Crippen molar-refractivity contribution in [2.45, 2.75) is 20.3 Å². The largest absolute Gasteiger partial charge is 0.360 e. The summed E-state index contributed by atoms with van der Waals surface area (Å²) in [5.41, 5.74) is 2.38. The molecular weight excluding hydrogens is 306 g/mol. The zero-order valence-corrected chi connectivity index (χ0v) is 13.4. The van der Waals surface area contributed by atoms with Crippen LogP contribution in [0.25, 0.3) is 0 Å². The highest BCUT2D eigenvalue weighted by Crippen LogP contribution is 2.15. The Morgan fingerprint density at radius 3 is 2.50 bits per heavy atom. The maximum absolute atomic E-state index is 12.0. The smallest absolute Gasteiger partial charge is 0.277 e. The Bertz CT molecular complexity index is 825. The van der Waals surface area contributed by atoms with E-state index in [0.29, 0.717) is 17.4 Å². The standard InChI is InChI=1S/C17H17N5O2/c1-3-12-4-6-13(7-5-12)20-16-10-18-14(9-19-16)17(23)21-15-8-11(2)24-22-15/h4-10H,3H2,1-2H3,(H,19,20)(H,21,22,23). The van der Waals surface area contributed by atoms with Crippen LogP contribution in [0.2, 0.25) is 0 Å². The lowest BCUT2D eigenvalue weighted by atomic mass is 10.1. The monoisotopic (exact) mass is 323 g/mol. The lowest BCUT2D eigenvalue weighted by Gasteiger charge is -2.06. The number of aryl methyl sites for hydroxylation is 2. The Hall–Kier alpha value is -3.22. The van der Waals surface area contributed by atoms with E-state index in [1.807, 2.05) is 12.1 Å². The lowest BCUT2D eigenvalue weighted by molar-refractivity contribution is 0.102. The maximum Gasteiger partial charge on any atom is 0.277 e. The number of benzene rings is 1. The Morgan fingerprint density at radius 1 is 1.12 bits per heavy atom. The molecule has 7 nitrogen and oxygen atoms in total. The van der Waals surface area contributed by atoms with Gasteiger partial charge in [-0.3, -0.25) is 4.79 Å². The third-order valence-corrected chi connectivity index (χ3v) is 3.39. The molecule has 0 aliphatic rings. The molecule has 0 aliphatic heterocycles. The van der Waals surface area contributed by atoms with Crippen LogP contribution >= 0.6 is 0 Å². The molecule has 2 N–H and O–H groups in total. The van der Waals surface area contributed by atoms with Gasteiger partial charge in [0.2, 0.25) is 0 Å². The van der Waals surface area contributed by atoms with Gasteiger partial charge in [0.15, 0.2) is 5.82 Å². The molecule has 122 valence electrons. The van der Waals surface area contributed by atoms with E-state index in [1.54, 1.807) is 13.0 Å². The van der Waals surface area contributed by atoms with Crippen molar-refractivity contribution in [3.63, 3.8) is 0 Å². The summed E-state index contributed by atoms with van der Waals surface area (Å²) in [6, 6.07) is 9.69. The molecular formula is C17H17N5O2. The average Bonchev–Trinajstić information content (AvgIpc) is 3.01. The maximum atomic E-state index is 12.0. The van der Waals surface area contributed by atoms with E-state index in [2.05, 4.69) is 44.8 Å². The molecule has 1 amide bonds. The summed E-state index contributed by atoms with van der Waals surface area (Å²) >= 11 is 0. The highest BCUT2D eigenvalue weighted by molar-refractivity contribution is 6.02. The second kappa shape index (κ2) is 6.91. The summed E-state index contributed by atoms with van der Waals surface area (Å²) in [6.45, 7) is 3.86. The van der Waals surface area contributed by atoms with Crippen molar-refractivity contribution in [1.29, 1.82) is 0 Å². The summed E-state index contributed by atoms with van der Waals surface area (Å²) in [5, 5.41) is 9.44. The van der Waals surface area contributed by atoms with Gasteiger partial charge in [-0.1, -0.05) is 24.2 Å². The first-order valence-corrected chi connectivity index (χ1v) is 7.56. The molecule has 0 bridgehead atoms. The molecule has 2 heterocycles. The normalized spacial score (nSPS) is 10.4. The van der Waals surface area contributed by atoms with Crippen LogP contribution in [0.1, 0.15) is 28.7 Å². The number of hydrogen-bond donors (Lipinski definition) is 2. The zero-order valence-electron chi connectivity index (χ0n) is 13.4. The molecule has 0 saturated heterocycles. The SMILES string of the molecule is CCc1ccc(Nc2cnc(C(=O)Nc3cc(C)on3)cn2)cc1. The average molecular weight is 323 g/mol. The minimum Gasteiger partial charge on any atom is -0.360 e. The van der Waals surface area contributed by atoms with Crippen molar-refractivity contribution in [2.75, 3.05) is 10.6 Å². The molecule has 0 saturated carbocycles. The summed E-state index contributed by atoms with van der Waals surface area (Å²) in [7, 11) is 0. The van der Waals surface area contributed by atoms with Crippen LogP contribution in [-0.2, 0) is 6.42 Å². The van der Waals surface area contributed by atoms with Crippen LogP contribution in [0.4, 0.5) is 17.3 Å². The van der Waals surface area contributed by atoms with E-state index < -0.39 is 5.91 Å². The summed E-state index contributed by atoms with van der Waals surface area (Å²) < 4.78 is 4.89. The molecule has 0 spiro atoms. The fourth-order valence-electron chi connectivity index (χ4n) is 2.09. The van der Waals surface area contributed by atoms with Gasteiger partial charge in [0, 0.05) is 11.8 Å². The molecule has 3 aromatic rings. The van der Waals surface area contributed by atoms with Gasteiger partial charge >= 0.3 is 0 Å². The number of nitrogens with one attached hydrogen (secondary N) is 2. The Morgan fingerprint density at radius 2 is 1.92 bits per heavy atom. The van der Waals surface area contributed by atoms with E-state index in [1.165, 1.54) is 18.0 Å². The van der Waals surface area contributed by atoms with Crippen LogP contribution in [0.3, 0.4) is 0 Å². The number of amides is 1. The van der Waals surface area contributed by atoms with Gasteiger partial charge in [-0.05, 0) is 31.0 Å². The zero-order chi connectivity index (χ0) is 16.9. The molecule has 2 aromatic heterocycles. The number of carbonyl (C=O) groups excluding carboxylic acids is 1. The van der Waals surface area contributed by atoms with Crippen LogP contribution in [-0.4, -0.2) is 21.0 Å². The number of anilines is 3. The van der Waals surface area contributed by atoms with E-state index in [9.17, 15) is 4.79 Å². The molecule has 3 rings (SSSR count). The third kappa shape index (κ3) is 3.75. The molecule has 1 aromatic carbocycles. The van der Waals surface area contributed by atoms with Crippen LogP contribution in [0.15, 0.2) is 47.2 Å². The van der Waals surface area contributed by atoms with Gasteiger partial charge in [0.1, 0.15) is 17.3 Å².